The van der Waals surface area contributed by atoms with Crippen molar-refractivity contribution < 1.29 is 9.53 Å². The van der Waals surface area contributed by atoms with Crippen molar-refractivity contribution in [2.45, 2.75) is 31.7 Å². The number of nitrogens with zero attached hydrogens (tertiary/aromatic N) is 4. The highest BCUT2D eigenvalue weighted by molar-refractivity contribution is 5.89. The minimum atomic E-state index is -0.0406. The maximum Gasteiger partial charge on any atom is 0.321 e. The van der Waals surface area contributed by atoms with E-state index in [1.54, 1.807) is 30.6 Å². The molecule has 27 heavy (non-hydrogen) atoms. The number of aromatic nitrogens is 2. The molecule has 1 aliphatic heterocycles. The lowest BCUT2D eigenvalue weighted by Crippen LogP contribution is -2.52. The highest BCUT2D eigenvalue weighted by Crippen LogP contribution is 2.24. The molecule has 1 saturated heterocycles. The van der Waals surface area contributed by atoms with Crippen LogP contribution in [0.4, 0.5) is 10.5 Å². The minimum absolute atomic E-state index is 0.0406. The number of hydrogen-bond donors (Lipinski definition) is 1. The van der Waals surface area contributed by atoms with Gasteiger partial charge in [-0.3, -0.25) is 4.90 Å². The Hall–Kier alpha value is -2.67. The average molecular weight is 367 g/mol. The van der Waals surface area contributed by atoms with Gasteiger partial charge in [0.05, 0.1) is 0 Å². The van der Waals surface area contributed by atoms with E-state index in [1.807, 2.05) is 17.0 Å². The van der Waals surface area contributed by atoms with Gasteiger partial charge in [0.2, 0.25) is 0 Å². The first-order valence-corrected chi connectivity index (χ1v) is 9.63. The molecule has 1 saturated carbocycles. The third kappa shape index (κ3) is 4.54. The summed E-state index contributed by atoms with van der Waals surface area (Å²) in [5, 5.41) is 2.97. The molecule has 4 rings (SSSR count). The van der Waals surface area contributed by atoms with Crippen molar-refractivity contribution in [3.63, 3.8) is 0 Å². The maximum absolute atomic E-state index is 12.5. The monoisotopic (exact) mass is 367 g/mol. The van der Waals surface area contributed by atoms with Crippen LogP contribution in [-0.4, -0.2) is 58.0 Å². The Kier molecular flexibility index (Phi) is 5.48. The minimum Gasteiger partial charge on any atom is -0.424 e. The van der Waals surface area contributed by atoms with Gasteiger partial charge in [0.25, 0.3) is 0 Å². The number of anilines is 1. The number of urea groups is 1. The zero-order chi connectivity index (χ0) is 18.5. The fraction of sp³-hybridized carbons (Fsp3) is 0.450. The molecule has 7 heteroatoms. The topological polar surface area (TPSA) is 70.6 Å². The van der Waals surface area contributed by atoms with E-state index in [9.17, 15) is 4.79 Å². The largest absolute Gasteiger partial charge is 0.424 e. The Morgan fingerprint density at radius 3 is 2.33 bits per heavy atom. The van der Waals surface area contributed by atoms with Crippen LogP contribution in [0.5, 0.6) is 11.8 Å². The number of carbonyl (C=O) groups excluding carboxylic acids is 1. The van der Waals surface area contributed by atoms with Crippen LogP contribution < -0.4 is 10.1 Å². The second kappa shape index (κ2) is 8.35. The second-order valence-electron chi connectivity index (χ2n) is 7.05. The van der Waals surface area contributed by atoms with Gasteiger partial charge in [-0.15, -0.1) is 0 Å². The van der Waals surface area contributed by atoms with E-state index in [4.69, 9.17) is 4.74 Å². The number of nitrogens with one attached hydrogen (secondary N) is 1. The third-order valence-corrected chi connectivity index (χ3v) is 5.30. The fourth-order valence-electron chi connectivity index (χ4n) is 3.81. The Bertz CT molecular complexity index is 739. The number of hydrogen-bond acceptors (Lipinski definition) is 5. The van der Waals surface area contributed by atoms with Crippen molar-refractivity contribution in [3.05, 3.63) is 42.7 Å². The average Bonchev–Trinajstić information content (AvgIpc) is 3.25. The number of amides is 2. The van der Waals surface area contributed by atoms with Gasteiger partial charge < -0.3 is 15.0 Å². The lowest BCUT2D eigenvalue weighted by atomic mass is 10.2. The number of rotatable bonds is 4. The predicted molar refractivity (Wildman–Crippen MR) is 103 cm³/mol. The van der Waals surface area contributed by atoms with Crippen LogP contribution in [0.15, 0.2) is 42.7 Å². The van der Waals surface area contributed by atoms with Gasteiger partial charge in [-0.1, -0.05) is 12.8 Å². The first kappa shape index (κ1) is 17.7. The van der Waals surface area contributed by atoms with E-state index in [2.05, 4.69) is 20.2 Å². The third-order valence-electron chi connectivity index (χ3n) is 5.30. The number of ether oxygens (including phenoxy) is 1. The first-order chi connectivity index (χ1) is 13.3. The predicted octanol–water partition coefficient (Wildman–Crippen LogP) is 3.36. The summed E-state index contributed by atoms with van der Waals surface area (Å²) in [6, 6.07) is 9.97. The summed E-state index contributed by atoms with van der Waals surface area (Å²) < 4.78 is 5.56. The second-order valence-corrected chi connectivity index (χ2v) is 7.05. The number of carbonyl (C=O) groups is 1. The summed E-state index contributed by atoms with van der Waals surface area (Å²) in [5.74, 6) is 0.629. The molecule has 0 spiro atoms. The Labute approximate surface area is 159 Å². The van der Waals surface area contributed by atoms with Crippen molar-refractivity contribution in [1.29, 1.82) is 0 Å². The van der Waals surface area contributed by atoms with E-state index in [1.165, 1.54) is 25.7 Å². The molecule has 0 unspecified atom stereocenters. The zero-order valence-corrected chi connectivity index (χ0v) is 15.4. The van der Waals surface area contributed by atoms with E-state index in [0.29, 0.717) is 11.8 Å². The molecule has 7 nitrogen and oxygen atoms in total. The molecule has 1 aliphatic carbocycles. The molecule has 2 aliphatic rings. The molecule has 142 valence electrons. The van der Waals surface area contributed by atoms with Crippen molar-refractivity contribution in [2.24, 2.45) is 0 Å². The molecule has 2 fully saturated rings. The molecule has 0 bridgehead atoms. The normalized spacial score (nSPS) is 18.4. The molecule has 1 aromatic carbocycles. The molecule has 2 amide bonds. The van der Waals surface area contributed by atoms with Gasteiger partial charge in [-0.2, -0.15) is 0 Å². The summed E-state index contributed by atoms with van der Waals surface area (Å²) in [5.41, 5.74) is 0.750. The van der Waals surface area contributed by atoms with Crippen LogP contribution in [-0.2, 0) is 0 Å². The molecule has 0 radical (unpaired) electrons. The molecule has 2 aromatic rings. The number of benzene rings is 1. The first-order valence-electron chi connectivity index (χ1n) is 9.63. The summed E-state index contributed by atoms with van der Waals surface area (Å²) >= 11 is 0. The lowest BCUT2D eigenvalue weighted by molar-refractivity contribution is 0.115. The molecule has 1 N–H and O–H groups in total. The van der Waals surface area contributed by atoms with Crippen LogP contribution in [0.2, 0.25) is 0 Å². The van der Waals surface area contributed by atoms with Gasteiger partial charge in [0.1, 0.15) is 5.75 Å². The van der Waals surface area contributed by atoms with Crippen LogP contribution in [0, 0.1) is 0 Å². The van der Waals surface area contributed by atoms with Crippen LogP contribution in [0.25, 0.3) is 0 Å². The van der Waals surface area contributed by atoms with Crippen LogP contribution >= 0.6 is 0 Å². The standard InChI is InChI=1S/C20H25N5O2/c26-20(25-14-12-24(13-15-25)17-4-1-2-5-17)23-16-6-8-18(9-7-16)27-19-21-10-3-11-22-19/h3,6-11,17H,1-2,4-5,12-15H2,(H,23,26). The maximum atomic E-state index is 12.5. The lowest BCUT2D eigenvalue weighted by Gasteiger charge is -2.38. The SMILES string of the molecule is O=C(Nc1ccc(Oc2ncccn2)cc1)N1CCN(C2CCCC2)CC1. The molecular weight excluding hydrogens is 342 g/mol. The zero-order valence-electron chi connectivity index (χ0n) is 15.4. The van der Waals surface area contributed by atoms with Gasteiger partial charge in [0, 0.05) is 50.3 Å². The van der Waals surface area contributed by atoms with E-state index < -0.39 is 0 Å². The van der Waals surface area contributed by atoms with Crippen LogP contribution in [0.1, 0.15) is 25.7 Å². The van der Waals surface area contributed by atoms with E-state index in [-0.39, 0.29) is 6.03 Å². The quantitative estimate of drug-likeness (QED) is 0.897. The van der Waals surface area contributed by atoms with Gasteiger partial charge in [0.15, 0.2) is 0 Å². The molecule has 1 aromatic heterocycles. The summed E-state index contributed by atoms with van der Waals surface area (Å²) in [4.78, 5) is 25.0. The molecule has 0 atom stereocenters. The van der Waals surface area contributed by atoms with Crippen LogP contribution in [0.3, 0.4) is 0 Å². The van der Waals surface area contributed by atoms with Crippen molar-refractivity contribution in [1.82, 2.24) is 19.8 Å². The van der Waals surface area contributed by atoms with Crippen molar-refractivity contribution in [2.75, 3.05) is 31.5 Å². The summed E-state index contributed by atoms with van der Waals surface area (Å²) in [6.07, 6.45) is 8.58. The van der Waals surface area contributed by atoms with Crippen molar-refractivity contribution >= 4 is 11.7 Å². The van der Waals surface area contributed by atoms with Gasteiger partial charge >= 0.3 is 12.0 Å². The summed E-state index contributed by atoms with van der Waals surface area (Å²) in [7, 11) is 0. The molecular formula is C20H25N5O2. The molecule has 2 heterocycles. The highest BCUT2D eigenvalue weighted by atomic mass is 16.5. The Morgan fingerprint density at radius 1 is 1.00 bits per heavy atom. The smallest absolute Gasteiger partial charge is 0.321 e. The Balaban J connectivity index is 1.27. The number of piperazine rings is 1. The Morgan fingerprint density at radius 2 is 1.67 bits per heavy atom. The van der Waals surface area contributed by atoms with E-state index in [0.717, 1.165) is 37.9 Å². The van der Waals surface area contributed by atoms with Gasteiger partial charge in [-0.05, 0) is 43.2 Å². The highest BCUT2D eigenvalue weighted by Gasteiger charge is 2.27. The summed E-state index contributed by atoms with van der Waals surface area (Å²) in [6.45, 7) is 3.52. The van der Waals surface area contributed by atoms with Crippen molar-refractivity contribution in [3.8, 4) is 11.8 Å². The van der Waals surface area contributed by atoms with E-state index >= 15 is 0 Å². The van der Waals surface area contributed by atoms with Gasteiger partial charge in [-0.25, -0.2) is 14.8 Å². The fourth-order valence-corrected chi connectivity index (χ4v) is 3.81.